The molecule has 0 saturated carbocycles. The largest absolute Gasteiger partial charge is 0.573 e. The number of urea groups is 1. The first kappa shape index (κ1) is 29.4. The van der Waals surface area contributed by atoms with E-state index in [1.807, 2.05) is 42.5 Å². The first-order valence-electron chi connectivity index (χ1n) is 13.9. The number of ether oxygens (including phenoxy) is 1. The number of nitrogens with zero attached hydrogens (tertiary/aromatic N) is 5. The minimum Gasteiger partial charge on any atom is -0.406 e. The number of amides is 3. The van der Waals surface area contributed by atoms with Gasteiger partial charge < -0.3 is 10.1 Å². The Labute approximate surface area is 255 Å². The second kappa shape index (κ2) is 11.8. The lowest BCUT2D eigenvalue weighted by Crippen LogP contribution is -2.36. The third kappa shape index (κ3) is 6.32. The van der Waals surface area contributed by atoms with Gasteiger partial charge in [0.2, 0.25) is 5.91 Å². The number of anilines is 1. The maximum atomic E-state index is 13.0. The first-order valence-corrected chi connectivity index (χ1v) is 14.9. The van der Waals surface area contributed by atoms with Crippen LogP contribution in [-0.2, 0) is 17.6 Å². The predicted molar refractivity (Wildman–Crippen MR) is 161 cm³/mol. The number of rotatable bonds is 6. The van der Waals surface area contributed by atoms with Gasteiger partial charge in [0.1, 0.15) is 12.1 Å². The fraction of sp³-hybridized carbons (Fsp3) is 0.258. The molecule has 1 aliphatic heterocycles. The fourth-order valence-electron chi connectivity index (χ4n) is 5.33. The number of carbonyl (C=O) groups is 2. The number of hydrogen-bond acceptors (Lipinski definition) is 6. The van der Waals surface area contributed by atoms with Gasteiger partial charge in [-0.2, -0.15) is 4.99 Å². The summed E-state index contributed by atoms with van der Waals surface area (Å²) in [5.74, 6) is 0.430. The molecule has 44 heavy (non-hydrogen) atoms. The molecule has 0 radical (unpaired) electrons. The van der Waals surface area contributed by atoms with E-state index in [4.69, 9.17) is 0 Å². The van der Waals surface area contributed by atoms with Crippen LogP contribution in [0.5, 0.6) is 5.75 Å². The van der Waals surface area contributed by atoms with Crippen molar-refractivity contribution in [2.75, 3.05) is 10.7 Å². The molecule has 9 nitrogen and oxygen atoms in total. The zero-order valence-corrected chi connectivity index (χ0v) is 24.5. The van der Waals surface area contributed by atoms with Gasteiger partial charge in [-0.1, -0.05) is 55.9 Å². The number of carbonyl (C=O) groups excluding carboxylic acids is 2. The van der Waals surface area contributed by atoms with E-state index in [0.29, 0.717) is 29.5 Å². The molecule has 1 aliphatic carbocycles. The van der Waals surface area contributed by atoms with Crippen molar-refractivity contribution in [3.8, 4) is 22.8 Å². The number of hydrogen-bond donors (Lipinski definition) is 1. The van der Waals surface area contributed by atoms with E-state index < -0.39 is 12.4 Å². The molecule has 1 fully saturated rings. The lowest BCUT2D eigenvalue weighted by atomic mass is 10.0. The number of halogens is 3. The van der Waals surface area contributed by atoms with E-state index in [9.17, 15) is 22.8 Å². The van der Waals surface area contributed by atoms with Crippen LogP contribution in [0, 0.1) is 0 Å². The molecule has 1 unspecified atom stereocenters. The highest BCUT2D eigenvalue weighted by atomic mass is 32.2. The van der Waals surface area contributed by atoms with Gasteiger partial charge in [-0.3, -0.25) is 9.69 Å². The average Bonchev–Trinajstić information content (AvgIpc) is 3.70. The summed E-state index contributed by atoms with van der Waals surface area (Å²) in [6.07, 6.45) is -2.06. The lowest BCUT2D eigenvalue weighted by Gasteiger charge is -2.21. The quantitative estimate of drug-likeness (QED) is 0.273. The Balaban J connectivity index is 1.12. The van der Waals surface area contributed by atoms with E-state index >= 15 is 0 Å². The van der Waals surface area contributed by atoms with Crippen LogP contribution in [0.25, 0.3) is 17.1 Å². The van der Waals surface area contributed by atoms with Gasteiger partial charge >= 0.3 is 12.4 Å². The van der Waals surface area contributed by atoms with Crippen LogP contribution in [0.1, 0.15) is 36.5 Å². The molecule has 0 bridgehead atoms. The minimum atomic E-state index is -4.76. The second-order valence-corrected chi connectivity index (χ2v) is 11.7. The van der Waals surface area contributed by atoms with Crippen molar-refractivity contribution in [3.05, 3.63) is 89.7 Å². The number of benzene rings is 3. The summed E-state index contributed by atoms with van der Waals surface area (Å²) in [7, 11) is 0. The van der Waals surface area contributed by atoms with Crippen LogP contribution in [0.2, 0.25) is 0 Å². The molecular weight excluding hydrogens is 593 g/mol. The highest BCUT2D eigenvalue weighted by Gasteiger charge is 2.33. The third-order valence-corrected chi connectivity index (χ3v) is 8.24. The summed E-state index contributed by atoms with van der Waals surface area (Å²) in [5.41, 5.74) is 5.18. The lowest BCUT2D eigenvalue weighted by molar-refractivity contribution is -0.274. The standard InChI is InChI=1S/C31H27F3N6O3S/c1-18(2)25-5-3-4-6-26(25)40-27(41)16-44-30(40)37-29(42)36-22-14-19-7-8-20(13-21(19)15-22)28-35-17-39(38-28)23-9-11-24(12-10-23)43-31(32,33)34/h3-13,17-18,22H,14-16H2,1-2H3,(H,36,42)/b37-30-. The Kier molecular flexibility index (Phi) is 7.89. The van der Waals surface area contributed by atoms with Crippen LogP contribution in [0.4, 0.5) is 23.7 Å². The van der Waals surface area contributed by atoms with Crippen LogP contribution in [0.3, 0.4) is 0 Å². The molecule has 6 rings (SSSR count). The molecular formula is C31H27F3N6O3S. The molecule has 2 heterocycles. The van der Waals surface area contributed by atoms with Gasteiger partial charge in [0.25, 0.3) is 0 Å². The monoisotopic (exact) mass is 620 g/mol. The van der Waals surface area contributed by atoms with Crippen molar-refractivity contribution >= 4 is 34.6 Å². The number of aromatic nitrogens is 3. The fourth-order valence-corrected chi connectivity index (χ4v) is 6.19. The topological polar surface area (TPSA) is 102 Å². The summed E-state index contributed by atoms with van der Waals surface area (Å²) in [6.45, 7) is 4.11. The molecule has 3 aromatic carbocycles. The summed E-state index contributed by atoms with van der Waals surface area (Å²) in [4.78, 5) is 35.9. The van der Waals surface area contributed by atoms with Gasteiger partial charge in [-0.05, 0) is 71.8 Å². The summed E-state index contributed by atoms with van der Waals surface area (Å²) in [5, 5.41) is 7.83. The molecule has 13 heteroatoms. The van der Waals surface area contributed by atoms with E-state index in [1.54, 1.807) is 0 Å². The van der Waals surface area contributed by atoms with Crippen molar-refractivity contribution in [3.63, 3.8) is 0 Å². The minimum absolute atomic E-state index is 0.112. The molecule has 1 atom stereocenters. The highest BCUT2D eigenvalue weighted by molar-refractivity contribution is 8.15. The van der Waals surface area contributed by atoms with Crippen LogP contribution in [0.15, 0.2) is 78.0 Å². The molecule has 0 spiro atoms. The van der Waals surface area contributed by atoms with Gasteiger partial charge in [0.15, 0.2) is 11.0 Å². The predicted octanol–water partition coefficient (Wildman–Crippen LogP) is 6.27. The summed E-state index contributed by atoms with van der Waals surface area (Å²) >= 11 is 1.25. The maximum absolute atomic E-state index is 13.0. The molecule has 2 aliphatic rings. The van der Waals surface area contributed by atoms with Gasteiger partial charge in [-0.25, -0.2) is 14.5 Å². The number of aliphatic imine (C=N–C) groups is 1. The number of fused-ring (bicyclic) bond motifs is 1. The Bertz CT molecular complexity index is 1750. The van der Waals surface area contributed by atoms with Crippen molar-refractivity contribution in [1.29, 1.82) is 0 Å². The number of nitrogens with one attached hydrogen (secondary N) is 1. The van der Waals surface area contributed by atoms with E-state index in [0.717, 1.165) is 27.9 Å². The molecule has 1 saturated heterocycles. The van der Waals surface area contributed by atoms with E-state index in [-0.39, 0.29) is 29.4 Å². The van der Waals surface area contributed by atoms with Gasteiger partial charge in [-0.15, -0.1) is 18.3 Å². The number of para-hydroxylation sites is 1. The van der Waals surface area contributed by atoms with E-state index in [1.165, 1.54) is 51.9 Å². The molecule has 1 N–H and O–H groups in total. The number of thioether (sulfide) groups is 1. The number of amidine groups is 1. The van der Waals surface area contributed by atoms with E-state index in [2.05, 4.69) is 39.0 Å². The normalized spacial score (nSPS) is 17.4. The Morgan fingerprint density at radius 1 is 1.07 bits per heavy atom. The zero-order chi connectivity index (χ0) is 31.0. The van der Waals surface area contributed by atoms with Crippen LogP contribution in [-0.4, -0.2) is 50.0 Å². The van der Waals surface area contributed by atoms with Crippen molar-refractivity contribution in [2.24, 2.45) is 4.99 Å². The van der Waals surface area contributed by atoms with Crippen LogP contribution < -0.4 is 15.0 Å². The van der Waals surface area contributed by atoms with Crippen LogP contribution >= 0.6 is 11.8 Å². The Morgan fingerprint density at radius 2 is 1.82 bits per heavy atom. The highest BCUT2D eigenvalue weighted by Crippen LogP contribution is 2.33. The van der Waals surface area contributed by atoms with Crippen molar-refractivity contribution in [2.45, 2.75) is 45.0 Å². The molecule has 3 amide bonds. The molecule has 226 valence electrons. The number of alkyl halides is 3. The smallest absolute Gasteiger partial charge is 0.406 e. The average molecular weight is 621 g/mol. The second-order valence-electron chi connectivity index (χ2n) is 10.7. The first-order chi connectivity index (χ1) is 21.0. The van der Waals surface area contributed by atoms with Gasteiger partial charge in [0.05, 0.1) is 17.1 Å². The molecule has 1 aromatic heterocycles. The third-order valence-electron chi connectivity index (χ3n) is 7.31. The Morgan fingerprint density at radius 3 is 2.57 bits per heavy atom. The Hall–Kier alpha value is -4.65. The van der Waals surface area contributed by atoms with Crippen molar-refractivity contribution in [1.82, 2.24) is 20.1 Å². The summed E-state index contributed by atoms with van der Waals surface area (Å²) < 4.78 is 42.7. The summed E-state index contributed by atoms with van der Waals surface area (Å²) in [6, 6.07) is 18.2. The SMILES string of the molecule is CC(C)c1ccccc1N1C(=O)CS/C1=N\C(=O)NC1Cc2ccc(-c3ncn(-c4ccc(OC(F)(F)F)cc4)n3)cc2C1. The zero-order valence-electron chi connectivity index (χ0n) is 23.7. The maximum Gasteiger partial charge on any atom is 0.573 e. The van der Waals surface area contributed by atoms with Crippen molar-refractivity contribution < 1.29 is 27.5 Å². The molecule has 4 aromatic rings. The van der Waals surface area contributed by atoms with Gasteiger partial charge in [0, 0.05) is 11.6 Å².